The predicted octanol–water partition coefficient (Wildman–Crippen LogP) is 1.56. The van der Waals surface area contributed by atoms with Crippen molar-refractivity contribution in [1.82, 2.24) is 4.90 Å². The highest BCUT2D eigenvalue weighted by atomic mass is 16.5. The van der Waals surface area contributed by atoms with Gasteiger partial charge >= 0.3 is 5.97 Å². The minimum atomic E-state index is -0.926. The lowest BCUT2D eigenvalue weighted by Gasteiger charge is -2.48. The van der Waals surface area contributed by atoms with Gasteiger partial charge < -0.3 is 14.7 Å². The first-order valence-corrected chi connectivity index (χ1v) is 7.04. The molecule has 2 unspecified atom stereocenters. The molecule has 0 radical (unpaired) electrons. The predicted molar refractivity (Wildman–Crippen MR) is 69.2 cm³/mol. The van der Waals surface area contributed by atoms with Crippen LogP contribution in [0, 0.1) is 5.41 Å². The van der Waals surface area contributed by atoms with Gasteiger partial charge in [-0.15, -0.1) is 0 Å². The average Bonchev–Trinajstić information content (AvgIpc) is 2.76. The molecule has 2 fully saturated rings. The zero-order valence-corrected chi connectivity index (χ0v) is 11.7. The molecule has 104 valence electrons. The lowest BCUT2D eigenvalue weighted by Crippen LogP contribution is -2.58. The van der Waals surface area contributed by atoms with Crippen LogP contribution in [0.15, 0.2) is 0 Å². The summed E-state index contributed by atoms with van der Waals surface area (Å²) in [7, 11) is 0. The van der Waals surface area contributed by atoms with E-state index in [1.165, 1.54) is 6.42 Å². The quantitative estimate of drug-likeness (QED) is 0.778. The largest absolute Gasteiger partial charge is 0.465 e. The van der Waals surface area contributed by atoms with Crippen LogP contribution in [0.4, 0.5) is 0 Å². The van der Waals surface area contributed by atoms with Crippen molar-refractivity contribution >= 4 is 5.97 Å². The summed E-state index contributed by atoms with van der Waals surface area (Å²) >= 11 is 0. The first-order chi connectivity index (χ1) is 8.40. The molecule has 1 N–H and O–H groups in total. The lowest BCUT2D eigenvalue weighted by molar-refractivity contribution is -0.179. The third kappa shape index (κ3) is 2.16. The van der Waals surface area contributed by atoms with Crippen molar-refractivity contribution in [3.05, 3.63) is 0 Å². The Morgan fingerprint density at radius 3 is 2.89 bits per heavy atom. The molecular weight excluding hydrogens is 230 g/mol. The summed E-state index contributed by atoms with van der Waals surface area (Å²) in [4.78, 5) is 14.5. The Balaban J connectivity index is 2.12. The average molecular weight is 255 g/mol. The Labute approximate surface area is 109 Å². The molecule has 2 aliphatic heterocycles. The standard InChI is InChI=1S/C14H25NO3/c1-4-18-12(16)13(2,3)14(17)7-9-15-8-5-6-11(15)10-14/h11,17H,4-10H2,1-3H3. The number of esters is 1. The van der Waals surface area contributed by atoms with Crippen LogP contribution in [0.1, 0.15) is 46.5 Å². The van der Waals surface area contributed by atoms with Crippen molar-refractivity contribution in [3.63, 3.8) is 0 Å². The van der Waals surface area contributed by atoms with Crippen LogP contribution in [0.2, 0.25) is 0 Å². The van der Waals surface area contributed by atoms with Gasteiger partial charge in [-0.05, 0) is 53.0 Å². The lowest BCUT2D eigenvalue weighted by atomic mass is 9.68. The maximum absolute atomic E-state index is 12.1. The fourth-order valence-corrected chi connectivity index (χ4v) is 3.31. The number of aliphatic hydroxyl groups is 1. The van der Waals surface area contributed by atoms with E-state index in [1.54, 1.807) is 6.92 Å². The topological polar surface area (TPSA) is 49.8 Å². The minimum Gasteiger partial charge on any atom is -0.465 e. The van der Waals surface area contributed by atoms with Crippen molar-refractivity contribution in [1.29, 1.82) is 0 Å². The van der Waals surface area contributed by atoms with E-state index in [4.69, 9.17) is 4.74 Å². The van der Waals surface area contributed by atoms with E-state index in [1.807, 2.05) is 13.8 Å². The Kier molecular flexibility index (Phi) is 3.70. The molecule has 0 bridgehead atoms. The highest BCUT2D eigenvalue weighted by molar-refractivity contribution is 5.77. The van der Waals surface area contributed by atoms with Gasteiger partial charge in [-0.25, -0.2) is 0 Å². The zero-order chi connectivity index (χ0) is 13.4. The van der Waals surface area contributed by atoms with E-state index in [2.05, 4.69) is 4.90 Å². The van der Waals surface area contributed by atoms with Gasteiger partial charge in [-0.1, -0.05) is 0 Å². The zero-order valence-electron chi connectivity index (χ0n) is 11.7. The number of ether oxygens (including phenoxy) is 1. The minimum absolute atomic E-state index is 0.279. The third-order valence-corrected chi connectivity index (χ3v) is 4.83. The maximum Gasteiger partial charge on any atom is 0.314 e. The van der Waals surface area contributed by atoms with Gasteiger partial charge in [-0.3, -0.25) is 4.79 Å². The van der Waals surface area contributed by atoms with E-state index in [9.17, 15) is 9.90 Å². The summed E-state index contributed by atoms with van der Waals surface area (Å²) in [5, 5.41) is 10.9. The molecular formula is C14H25NO3. The van der Waals surface area contributed by atoms with E-state index < -0.39 is 11.0 Å². The molecule has 0 aliphatic carbocycles. The summed E-state index contributed by atoms with van der Waals surface area (Å²) in [6.07, 6.45) is 3.70. The number of hydrogen-bond donors (Lipinski definition) is 1. The number of fused-ring (bicyclic) bond motifs is 1. The van der Waals surface area contributed by atoms with E-state index in [-0.39, 0.29) is 5.97 Å². The van der Waals surface area contributed by atoms with Gasteiger partial charge in [-0.2, -0.15) is 0 Å². The van der Waals surface area contributed by atoms with Gasteiger partial charge in [0.1, 0.15) is 0 Å². The first-order valence-electron chi connectivity index (χ1n) is 7.04. The van der Waals surface area contributed by atoms with Gasteiger partial charge in [0.05, 0.1) is 17.6 Å². The molecule has 0 aromatic carbocycles. The normalized spacial score (nSPS) is 33.2. The van der Waals surface area contributed by atoms with E-state index in [0.717, 1.165) is 19.5 Å². The summed E-state index contributed by atoms with van der Waals surface area (Å²) < 4.78 is 5.12. The van der Waals surface area contributed by atoms with Gasteiger partial charge in [0, 0.05) is 12.6 Å². The summed E-state index contributed by atoms with van der Waals surface area (Å²) in [6, 6.07) is 0.442. The number of piperidine rings is 1. The number of hydrogen-bond acceptors (Lipinski definition) is 4. The summed E-state index contributed by atoms with van der Waals surface area (Å²) in [6.45, 7) is 7.83. The molecule has 0 aromatic heterocycles. The SMILES string of the molecule is CCOC(=O)C(C)(C)C1(O)CCN2CCCC2C1. The molecule has 0 spiro atoms. The van der Waals surface area contributed by atoms with Gasteiger partial charge in [0.2, 0.25) is 0 Å². The molecule has 0 amide bonds. The van der Waals surface area contributed by atoms with Crippen LogP contribution in [0.25, 0.3) is 0 Å². The molecule has 2 rings (SSSR count). The summed E-state index contributed by atoms with van der Waals surface area (Å²) in [5.41, 5.74) is -1.75. The van der Waals surface area contributed by atoms with Gasteiger partial charge in [0.25, 0.3) is 0 Å². The van der Waals surface area contributed by atoms with Crippen LogP contribution >= 0.6 is 0 Å². The number of carbonyl (C=O) groups excluding carboxylic acids is 1. The monoisotopic (exact) mass is 255 g/mol. The second-order valence-electron chi connectivity index (χ2n) is 6.16. The highest BCUT2D eigenvalue weighted by Crippen LogP contribution is 2.44. The molecule has 0 aromatic rings. The molecule has 0 saturated carbocycles. The number of nitrogens with zero attached hydrogens (tertiary/aromatic N) is 1. The Morgan fingerprint density at radius 1 is 1.50 bits per heavy atom. The molecule has 18 heavy (non-hydrogen) atoms. The molecule has 4 heteroatoms. The molecule has 2 atom stereocenters. The van der Waals surface area contributed by atoms with Crippen molar-refractivity contribution < 1.29 is 14.6 Å². The second-order valence-corrected chi connectivity index (χ2v) is 6.16. The van der Waals surface area contributed by atoms with Crippen molar-refractivity contribution in [2.24, 2.45) is 5.41 Å². The van der Waals surface area contributed by atoms with Crippen LogP contribution in [0.3, 0.4) is 0 Å². The Hall–Kier alpha value is -0.610. The number of rotatable bonds is 3. The van der Waals surface area contributed by atoms with Crippen LogP contribution < -0.4 is 0 Å². The van der Waals surface area contributed by atoms with Crippen molar-refractivity contribution in [2.45, 2.75) is 58.1 Å². The second kappa shape index (κ2) is 4.82. The Bertz CT molecular complexity index is 329. The van der Waals surface area contributed by atoms with Crippen LogP contribution in [0.5, 0.6) is 0 Å². The first kappa shape index (κ1) is 13.8. The summed E-state index contributed by atoms with van der Waals surface area (Å²) in [5.74, 6) is -0.279. The highest BCUT2D eigenvalue weighted by Gasteiger charge is 2.53. The molecule has 2 heterocycles. The molecule has 2 aliphatic rings. The van der Waals surface area contributed by atoms with Crippen molar-refractivity contribution in [2.75, 3.05) is 19.7 Å². The van der Waals surface area contributed by atoms with Crippen molar-refractivity contribution in [3.8, 4) is 0 Å². The van der Waals surface area contributed by atoms with Crippen LogP contribution in [-0.4, -0.2) is 47.3 Å². The fraction of sp³-hybridized carbons (Fsp3) is 0.929. The van der Waals surface area contributed by atoms with Crippen LogP contribution in [-0.2, 0) is 9.53 Å². The molecule has 2 saturated heterocycles. The molecule has 4 nitrogen and oxygen atoms in total. The smallest absolute Gasteiger partial charge is 0.314 e. The fourth-order valence-electron chi connectivity index (χ4n) is 3.31. The van der Waals surface area contributed by atoms with E-state index >= 15 is 0 Å². The number of carbonyl (C=O) groups is 1. The maximum atomic E-state index is 12.1. The van der Waals surface area contributed by atoms with Gasteiger partial charge in [0.15, 0.2) is 0 Å². The Morgan fingerprint density at radius 2 is 2.22 bits per heavy atom. The third-order valence-electron chi connectivity index (χ3n) is 4.83. The van der Waals surface area contributed by atoms with E-state index in [0.29, 0.717) is 25.5 Å².